The van der Waals surface area contributed by atoms with E-state index in [0.717, 1.165) is 24.2 Å². The fraction of sp³-hybridized carbons (Fsp3) is 0.200. The summed E-state index contributed by atoms with van der Waals surface area (Å²) in [5.41, 5.74) is 7.88. The van der Waals surface area contributed by atoms with Gasteiger partial charge in [-0.05, 0) is 30.7 Å². The number of hydrogen-bond acceptors (Lipinski definition) is 4. The first-order chi connectivity index (χ1) is 9.78. The van der Waals surface area contributed by atoms with E-state index < -0.39 is 0 Å². The Bertz CT molecular complexity index is 714. The molecular weight excluding hydrogens is 268 g/mol. The van der Waals surface area contributed by atoms with Crippen LogP contribution in [-0.4, -0.2) is 14.5 Å². The molecule has 3 aromatic rings. The Morgan fingerprint density at radius 3 is 2.85 bits per heavy atom. The zero-order chi connectivity index (χ0) is 13.9. The summed E-state index contributed by atoms with van der Waals surface area (Å²) < 4.78 is 2.11. The van der Waals surface area contributed by atoms with Crippen LogP contribution in [0, 0.1) is 0 Å². The summed E-state index contributed by atoms with van der Waals surface area (Å²) in [6.07, 6.45) is 6.46. The molecule has 102 valence electrons. The van der Waals surface area contributed by atoms with E-state index in [1.807, 2.05) is 36.0 Å². The fourth-order valence-electron chi connectivity index (χ4n) is 2.17. The number of nitrogen functional groups attached to an aromatic ring is 1. The number of imidazole rings is 1. The molecule has 3 heterocycles. The third-order valence-corrected chi connectivity index (χ3v) is 4.43. The zero-order valence-electron chi connectivity index (χ0n) is 11.3. The van der Waals surface area contributed by atoms with Crippen molar-refractivity contribution in [3.8, 4) is 11.3 Å². The van der Waals surface area contributed by atoms with Crippen molar-refractivity contribution < 1.29 is 0 Å². The first-order valence-electron chi connectivity index (χ1n) is 6.56. The van der Waals surface area contributed by atoms with Gasteiger partial charge in [-0.25, -0.2) is 9.97 Å². The third kappa shape index (κ3) is 2.44. The van der Waals surface area contributed by atoms with Crippen LogP contribution < -0.4 is 5.73 Å². The number of nitrogens with two attached hydrogens (primary N) is 1. The molecule has 0 aromatic carbocycles. The van der Waals surface area contributed by atoms with Gasteiger partial charge in [-0.1, -0.05) is 6.92 Å². The molecule has 4 nitrogen and oxygen atoms in total. The van der Waals surface area contributed by atoms with E-state index in [1.54, 1.807) is 6.20 Å². The summed E-state index contributed by atoms with van der Waals surface area (Å²) in [6.45, 7) is 2.99. The molecule has 0 amide bonds. The lowest BCUT2D eigenvalue weighted by Gasteiger charge is -2.08. The van der Waals surface area contributed by atoms with Crippen LogP contribution in [0.2, 0.25) is 0 Å². The first kappa shape index (κ1) is 12.9. The Kier molecular flexibility index (Phi) is 3.52. The van der Waals surface area contributed by atoms with Gasteiger partial charge in [0, 0.05) is 21.5 Å². The van der Waals surface area contributed by atoms with Crippen molar-refractivity contribution in [1.82, 2.24) is 14.5 Å². The molecule has 0 radical (unpaired) electrons. The molecule has 0 bridgehead atoms. The van der Waals surface area contributed by atoms with Gasteiger partial charge >= 0.3 is 0 Å². The predicted molar refractivity (Wildman–Crippen MR) is 82.7 cm³/mol. The van der Waals surface area contributed by atoms with Crippen molar-refractivity contribution >= 4 is 17.2 Å². The zero-order valence-corrected chi connectivity index (χ0v) is 12.1. The Morgan fingerprint density at radius 1 is 1.25 bits per heavy atom. The molecule has 0 unspecified atom stereocenters. The maximum Gasteiger partial charge on any atom is 0.132 e. The average molecular weight is 284 g/mol. The highest BCUT2D eigenvalue weighted by atomic mass is 32.1. The van der Waals surface area contributed by atoms with Crippen LogP contribution >= 0.6 is 11.3 Å². The van der Waals surface area contributed by atoms with E-state index in [0.29, 0.717) is 5.82 Å². The molecule has 0 aliphatic heterocycles. The molecular formula is C15H16N4S. The number of thiophene rings is 1. The molecule has 0 spiro atoms. The van der Waals surface area contributed by atoms with Crippen molar-refractivity contribution in [3.63, 3.8) is 0 Å². The number of rotatable bonds is 4. The topological polar surface area (TPSA) is 56.7 Å². The van der Waals surface area contributed by atoms with Gasteiger partial charge < -0.3 is 10.3 Å². The van der Waals surface area contributed by atoms with Crippen molar-refractivity contribution in [3.05, 3.63) is 52.7 Å². The van der Waals surface area contributed by atoms with Crippen LogP contribution in [0.15, 0.2) is 43.0 Å². The molecule has 3 rings (SSSR count). The lowest BCUT2D eigenvalue weighted by Crippen LogP contribution is -2.01. The highest BCUT2D eigenvalue weighted by Gasteiger charge is 2.10. The van der Waals surface area contributed by atoms with Crippen molar-refractivity contribution in [2.45, 2.75) is 19.9 Å². The summed E-state index contributed by atoms with van der Waals surface area (Å²) in [7, 11) is 0. The van der Waals surface area contributed by atoms with Crippen LogP contribution in [0.1, 0.15) is 16.7 Å². The lowest BCUT2D eigenvalue weighted by atomic mass is 10.2. The van der Waals surface area contributed by atoms with Crippen LogP contribution in [0.3, 0.4) is 0 Å². The summed E-state index contributed by atoms with van der Waals surface area (Å²) in [4.78, 5) is 11.1. The van der Waals surface area contributed by atoms with Crippen LogP contribution in [-0.2, 0) is 13.0 Å². The Hall–Kier alpha value is -2.14. The quantitative estimate of drug-likeness (QED) is 0.800. The average Bonchev–Trinajstić information content (AvgIpc) is 3.09. The standard InChI is InChI=1S/C15H16N4S/c1-2-11-5-6-12(20-11)9-19-10-17-8-14(19)13-4-3-7-18-15(13)16/h3-8,10H,2,9H2,1H3,(H2,16,18). The minimum atomic E-state index is 0.537. The van der Waals surface area contributed by atoms with Crippen molar-refractivity contribution in [1.29, 1.82) is 0 Å². The fourth-order valence-corrected chi connectivity index (χ4v) is 3.13. The normalized spacial score (nSPS) is 10.8. The van der Waals surface area contributed by atoms with Gasteiger partial charge in [-0.2, -0.15) is 0 Å². The maximum absolute atomic E-state index is 5.95. The number of anilines is 1. The molecule has 2 N–H and O–H groups in total. The molecule has 20 heavy (non-hydrogen) atoms. The van der Waals surface area contributed by atoms with Crippen LogP contribution in [0.4, 0.5) is 5.82 Å². The largest absolute Gasteiger partial charge is 0.383 e. The Morgan fingerprint density at radius 2 is 2.10 bits per heavy atom. The van der Waals surface area contributed by atoms with Crippen molar-refractivity contribution in [2.24, 2.45) is 0 Å². The predicted octanol–water partition coefficient (Wildman–Crippen LogP) is 3.20. The second-order valence-corrected chi connectivity index (χ2v) is 5.82. The van der Waals surface area contributed by atoms with Crippen LogP contribution in [0.5, 0.6) is 0 Å². The summed E-state index contributed by atoms with van der Waals surface area (Å²) in [5, 5.41) is 0. The van der Waals surface area contributed by atoms with E-state index in [-0.39, 0.29) is 0 Å². The van der Waals surface area contributed by atoms with Crippen molar-refractivity contribution in [2.75, 3.05) is 5.73 Å². The van der Waals surface area contributed by atoms with Gasteiger partial charge in [0.2, 0.25) is 0 Å². The first-order valence-corrected chi connectivity index (χ1v) is 7.38. The molecule has 3 aromatic heterocycles. The summed E-state index contributed by atoms with van der Waals surface area (Å²) in [5.74, 6) is 0.537. The maximum atomic E-state index is 5.95. The molecule has 0 aliphatic carbocycles. The van der Waals surface area contributed by atoms with E-state index >= 15 is 0 Å². The number of nitrogens with zero attached hydrogens (tertiary/aromatic N) is 3. The molecule has 0 atom stereocenters. The molecule has 0 saturated heterocycles. The Labute approximate surface area is 121 Å². The Balaban J connectivity index is 1.92. The SMILES string of the molecule is CCc1ccc(Cn2cncc2-c2cccnc2N)s1. The molecule has 0 fully saturated rings. The van der Waals surface area contributed by atoms with E-state index in [2.05, 4.69) is 33.6 Å². The van der Waals surface area contributed by atoms with E-state index in [9.17, 15) is 0 Å². The second-order valence-electron chi connectivity index (χ2n) is 4.56. The number of hydrogen-bond donors (Lipinski definition) is 1. The molecule has 0 saturated carbocycles. The highest BCUT2D eigenvalue weighted by molar-refractivity contribution is 7.11. The highest BCUT2D eigenvalue weighted by Crippen LogP contribution is 2.25. The van der Waals surface area contributed by atoms with Gasteiger partial charge in [-0.3, -0.25) is 0 Å². The van der Waals surface area contributed by atoms with E-state index in [1.165, 1.54) is 9.75 Å². The molecule has 0 aliphatic rings. The van der Waals surface area contributed by atoms with Crippen LogP contribution in [0.25, 0.3) is 11.3 Å². The number of pyridine rings is 1. The van der Waals surface area contributed by atoms with Gasteiger partial charge in [-0.15, -0.1) is 11.3 Å². The van der Waals surface area contributed by atoms with Gasteiger partial charge in [0.1, 0.15) is 5.82 Å². The lowest BCUT2D eigenvalue weighted by molar-refractivity contribution is 0.817. The second kappa shape index (κ2) is 5.46. The van der Waals surface area contributed by atoms with Gasteiger partial charge in [0.25, 0.3) is 0 Å². The number of aryl methyl sites for hydroxylation is 1. The minimum absolute atomic E-state index is 0.537. The summed E-state index contributed by atoms with van der Waals surface area (Å²) >= 11 is 1.84. The van der Waals surface area contributed by atoms with E-state index in [4.69, 9.17) is 5.73 Å². The summed E-state index contributed by atoms with van der Waals surface area (Å²) in [6, 6.07) is 8.24. The number of aromatic nitrogens is 3. The minimum Gasteiger partial charge on any atom is -0.383 e. The monoisotopic (exact) mass is 284 g/mol. The van der Waals surface area contributed by atoms with Gasteiger partial charge in [0.15, 0.2) is 0 Å². The third-order valence-electron chi connectivity index (χ3n) is 3.22. The smallest absolute Gasteiger partial charge is 0.132 e. The molecule has 5 heteroatoms. The van der Waals surface area contributed by atoms with Gasteiger partial charge in [0.05, 0.1) is 24.8 Å².